The summed E-state index contributed by atoms with van der Waals surface area (Å²) in [6, 6.07) is 14.6. The molecule has 0 unspecified atom stereocenters. The molecule has 0 aliphatic carbocycles. The molecule has 0 aliphatic rings. The predicted octanol–water partition coefficient (Wildman–Crippen LogP) is 3.42. The van der Waals surface area contributed by atoms with Gasteiger partial charge in [-0.2, -0.15) is 0 Å². The van der Waals surface area contributed by atoms with Crippen LogP contribution in [0.1, 0.15) is 35.3 Å². The molecule has 128 valence electrons. The van der Waals surface area contributed by atoms with Crippen LogP contribution in [0, 0.1) is 0 Å². The number of aromatic nitrogens is 1. The number of pyridine rings is 1. The smallest absolute Gasteiger partial charge is 0.255 e. The first-order chi connectivity index (χ1) is 12.1. The van der Waals surface area contributed by atoms with Gasteiger partial charge in [-0.1, -0.05) is 37.3 Å². The van der Waals surface area contributed by atoms with E-state index in [2.05, 4.69) is 10.3 Å². The van der Waals surface area contributed by atoms with E-state index in [9.17, 15) is 9.59 Å². The number of ether oxygens (including phenoxy) is 1. The van der Waals surface area contributed by atoms with E-state index in [1.165, 1.54) is 6.20 Å². The number of rotatable bonds is 5. The number of fused-ring (bicyclic) bond motifs is 1. The summed E-state index contributed by atoms with van der Waals surface area (Å²) >= 11 is 0. The van der Waals surface area contributed by atoms with Crippen LogP contribution in [0.15, 0.2) is 59.5 Å². The van der Waals surface area contributed by atoms with E-state index in [-0.39, 0.29) is 17.5 Å². The predicted molar refractivity (Wildman–Crippen MR) is 98.1 cm³/mol. The molecule has 2 N–H and O–H groups in total. The molecule has 1 atom stereocenters. The molecular weight excluding hydrogens is 316 g/mol. The first-order valence-corrected chi connectivity index (χ1v) is 8.19. The molecular formula is C20H20N2O3. The zero-order valence-electron chi connectivity index (χ0n) is 14.2. The Bertz CT molecular complexity index is 945. The van der Waals surface area contributed by atoms with Crippen LogP contribution >= 0.6 is 0 Å². The highest BCUT2D eigenvalue weighted by molar-refractivity contribution is 6.06. The molecule has 1 amide bonds. The van der Waals surface area contributed by atoms with E-state index in [4.69, 9.17) is 4.74 Å². The minimum Gasteiger partial charge on any atom is -0.497 e. The second-order valence-corrected chi connectivity index (χ2v) is 5.78. The van der Waals surface area contributed by atoms with Gasteiger partial charge in [-0.25, -0.2) is 0 Å². The Balaban J connectivity index is 1.90. The van der Waals surface area contributed by atoms with Crippen LogP contribution in [0.3, 0.4) is 0 Å². The van der Waals surface area contributed by atoms with Crippen molar-refractivity contribution in [3.63, 3.8) is 0 Å². The van der Waals surface area contributed by atoms with E-state index in [0.29, 0.717) is 16.3 Å². The zero-order valence-corrected chi connectivity index (χ0v) is 14.2. The molecule has 0 saturated heterocycles. The van der Waals surface area contributed by atoms with Crippen LogP contribution < -0.4 is 15.6 Å². The number of amides is 1. The molecule has 0 bridgehead atoms. The van der Waals surface area contributed by atoms with Gasteiger partial charge in [-0.05, 0) is 30.2 Å². The molecule has 0 fully saturated rings. The summed E-state index contributed by atoms with van der Waals surface area (Å²) in [5.41, 5.74) is 1.27. The molecule has 25 heavy (non-hydrogen) atoms. The second kappa shape index (κ2) is 7.21. The number of hydrogen-bond donors (Lipinski definition) is 2. The molecule has 0 aliphatic heterocycles. The lowest BCUT2D eigenvalue weighted by Crippen LogP contribution is -2.29. The van der Waals surface area contributed by atoms with Crippen molar-refractivity contribution in [3.05, 3.63) is 76.2 Å². The minimum atomic E-state index is -0.213. The van der Waals surface area contributed by atoms with Gasteiger partial charge in [0.05, 0.1) is 18.7 Å². The van der Waals surface area contributed by atoms with E-state index in [1.54, 1.807) is 25.3 Å². The zero-order chi connectivity index (χ0) is 17.8. The SMILES string of the molecule is CC[C@H](NC(=O)c1c[nH]c(=O)c2ccccc12)c1ccc(OC)cc1. The molecule has 1 aromatic heterocycles. The van der Waals surface area contributed by atoms with Crippen molar-refractivity contribution in [2.45, 2.75) is 19.4 Å². The summed E-state index contributed by atoms with van der Waals surface area (Å²) < 4.78 is 5.17. The average molecular weight is 336 g/mol. The van der Waals surface area contributed by atoms with E-state index in [1.807, 2.05) is 37.3 Å². The summed E-state index contributed by atoms with van der Waals surface area (Å²) in [6.45, 7) is 2.01. The van der Waals surface area contributed by atoms with Crippen LogP contribution in [0.25, 0.3) is 10.8 Å². The van der Waals surface area contributed by atoms with Gasteiger partial charge in [0, 0.05) is 17.0 Å². The maximum atomic E-state index is 12.8. The van der Waals surface area contributed by atoms with Gasteiger partial charge >= 0.3 is 0 Å². The maximum absolute atomic E-state index is 12.8. The Morgan fingerprint density at radius 1 is 1.12 bits per heavy atom. The highest BCUT2D eigenvalue weighted by Crippen LogP contribution is 2.21. The molecule has 3 aromatic rings. The van der Waals surface area contributed by atoms with Crippen molar-refractivity contribution < 1.29 is 9.53 Å². The first-order valence-electron chi connectivity index (χ1n) is 8.19. The van der Waals surface area contributed by atoms with Crippen molar-refractivity contribution in [1.29, 1.82) is 0 Å². The number of carbonyl (C=O) groups is 1. The standard InChI is InChI=1S/C20H20N2O3/c1-3-18(13-8-10-14(25-2)11-9-13)22-20(24)17-12-21-19(23)16-7-5-4-6-15(16)17/h4-12,18H,3H2,1-2H3,(H,21,23)(H,22,24)/t18-/m0/s1. The van der Waals surface area contributed by atoms with Gasteiger partial charge in [0.15, 0.2) is 0 Å². The number of aromatic amines is 1. The third-order valence-electron chi connectivity index (χ3n) is 4.29. The first kappa shape index (κ1) is 16.8. The molecule has 1 heterocycles. The van der Waals surface area contributed by atoms with Gasteiger partial charge < -0.3 is 15.0 Å². The van der Waals surface area contributed by atoms with E-state index in [0.717, 1.165) is 17.7 Å². The van der Waals surface area contributed by atoms with E-state index >= 15 is 0 Å². The molecule has 3 rings (SSSR count). The summed E-state index contributed by atoms with van der Waals surface area (Å²) in [6.07, 6.45) is 2.22. The molecule has 0 radical (unpaired) electrons. The fourth-order valence-electron chi connectivity index (χ4n) is 2.89. The van der Waals surface area contributed by atoms with Gasteiger partial charge in [0.1, 0.15) is 5.75 Å². The summed E-state index contributed by atoms with van der Waals surface area (Å²) in [7, 11) is 1.62. The normalized spacial score (nSPS) is 11.9. The fourth-order valence-corrected chi connectivity index (χ4v) is 2.89. The molecule has 0 spiro atoms. The third-order valence-corrected chi connectivity index (χ3v) is 4.29. The Kier molecular flexibility index (Phi) is 4.84. The summed E-state index contributed by atoms with van der Waals surface area (Å²) in [5.74, 6) is 0.562. The highest BCUT2D eigenvalue weighted by Gasteiger charge is 2.17. The van der Waals surface area contributed by atoms with Crippen molar-refractivity contribution in [2.75, 3.05) is 7.11 Å². The maximum Gasteiger partial charge on any atom is 0.255 e. The Labute approximate surface area is 145 Å². The average Bonchev–Trinajstić information content (AvgIpc) is 2.66. The molecule has 0 saturated carbocycles. The van der Waals surface area contributed by atoms with Gasteiger partial charge in [0.2, 0.25) is 0 Å². The number of methoxy groups -OCH3 is 1. The lowest BCUT2D eigenvalue weighted by Gasteiger charge is -2.18. The van der Waals surface area contributed by atoms with E-state index < -0.39 is 0 Å². The topological polar surface area (TPSA) is 71.2 Å². The summed E-state index contributed by atoms with van der Waals surface area (Å²) in [4.78, 5) is 27.3. The van der Waals surface area contributed by atoms with Gasteiger partial charge in [-0.15, -0.1) is 0 Å². The number of nitrogens with one attached hydrogen (secondary N) is 2. The van der Waals surface area contributed by atoms with Crippen LogP contribution in [-0.2, 0) is 0 Å². The van der Waals surface area contributed by atoms with Crippen LogP contribution in [-0.4, -0.2) is 18.0 Å². The largest absolute Gasteiger partial charge is 0.497 e. The molecule has 2 aromatic carbocycles. The fraction of sp³-hybridized carbons (Fsp3) is 0.200. The Morgan fingerprint density at radius 3 is 2.44 bits per heavy atom. The van der Waals surface area contributed by atoms with Crippen LogP contribution in [0.5, 0.6) is 5.75 Å². The van der Waals surface area contributed by atoms with Crippen LogP contribution in [0.2, 0.25) is 0 Å². The lowest BCUT2D eigenvalue weighted by molar-refractivity contribution is 0.0937. The monoisotopic (exact) mass is 336 g/mol. The molecule has 5 heteroatoms. The van der Waals surface area contributed by atoms with Crippen molar-refractivity contribution in [1.82, 2.24) is 10.3 Å². The highest BCUT2D eigenvalue weighted by atomic mass is 16.5. The second-order valence-electron chi connectivity index (χ2n) is 5.78. The third kappa shape index (κ3) is 3.40. The number of hydrogen-bond acceptors (Lipinski definition) is 3. The number of carbonyl (C=O) groups excluding carboxylic acids is 1. The Morgan fingerprint density at radius 2 is 1.80 bits per heavy atom. The molecule has 5 nitrogen and oxygen atoms in total. The van der Waals surface area contributed by atoms with Crippen molar-refractivity contribution in [3.8, 4) is 5.75 Å². The van der Waals surface area contributed by atoms with Crippen molar-refractivity contribution in [2.24, 2.45) is 0 Å². The minimum absolute atomic E-state index is 0.121. The van der Waals surface area contributed by atoms with Crippen molar-refractivity contribution >= 4 is 16.7 Å². The quantitative estimate of drug-likeness (QED) is 0.750. The van der Waals surface area contributed by atoms with Gasteiger partial charge in [-0.3, -0.25) is 9.59 Å². The lowest BCUT2D eigenvalue weighted by atomic mass is 10.0. The van der Waals surface area contributed by atoms with Crippen LogP contribution in [0.4, 0.5) is 0 Å². The number of benzene rings is 2. The summed E-state index contributed by atoms with van der Waals surface area (Å²) in [5, 5.41) is 4.20. The van der Waals surface area contributed by atoms with Gasteiger partial charge in [0.25, 0.3) is 11.5 Å². The number of H-pyrrole nitrogens is 1. The Hall–Kier alpha value is -3.08.